The van der Waals surface area contributed by atoms with Crippen molar-refractivity contribution in [1.29, 1.82) is 0 Å². The van der Waals surface area contributed by atoms with Crippen LogP contribution in [0.2, 0.25) is 0 Å². The molecule has 1 saturated heterocycles. The van der Waals surface area contributed by atoms with Gasteiger partial charge in [-0.2, -0.15) is 0 Å². The molecule has 1 aliphatic carbocycles. The molecule has 2 rings (SSSR count). The predicted molar refractivity (Wildman–Crippen MR) is 67.0 cm³/mol. The van der Waals surface area contributed by atoms with Crippen molar-refractivity contribution < 1.29 is 19.4 Å². The molecule has 0 spiro atoms. The molecule has 1 saturated carbocycles. The van der Waals surface area contributed by atoms with E-state index >= 15 is 0 Å². The van der Waals surface area contributed by atoms with Crippen LogP contribution in [0.1, 0.15) is 39.0 Å². The van der Waals surface area contributed by atoms with Crippen LogP contribution in [0.3, 0.4) is 0 Å². The summed E-state index contributed by atoms with van der Waals surface area (Å²) in [6.07, 6.45) is 6.19. The Bertz CT molecular complexity index is 318. The van der Waals surface area contributed by atoms with Crippen LogP contribution in [0.25, 0.3) is 0 Å². The summed E-state index contributed by atoms with van der Waals surface area (Å²) in [6.45, 7) is 5.14. The molecule has 0 aromatic carbocycles. The highest BCUT2D eigenvalue weighted by molar-refractivity contribution is 5.96. The number of hydrogen-bond acceptors (Lipinski definition) is 4. The molecule has 1 heterocycles. The molecule has 4 nitrogen and oxygen atoms in total. The Morgan fingerprint density at radius 1 is 1.39 bits per heavy atom. The van der Waals surface area contributed by atoms with Crippen LogP contribution in [0.4, 0.5) is 0 Å². The molecule has 1 aliphatic heterocycles. The van der Waals surface area contributed by atoms with E-state index in [0.717, 1.165) is 18.9 Å². The van der Waals surface area contributed by atoms with Gasteiger partial charge in [-0.05, 0) is 25.8 Å². The maximum absolute atomic E-state index is 11.6. The number of ketones is 1. The molecule has 2 aliphatic rings. The van der Waals surface area contributed by atoms with Crippen LogP contribution in [0, 0.1) is 5.92 Å². The first kappa shape index (κ1) is 13.7. The first-order chi connectivity index (χ1) is 8.55. The van der Waals surface area contributed by atoms with Crippen LogP contribution in [-0.4, -0.2) is 35.5 Å². The summed E-state index contributed by atoms with van der Waals surface area (Å²) in [7, 11) is 0. The van der Waals surface area contributed by atoms with E-state index in [9.17, 15) is 9.90 Å². The van der Waals surface area contributed by atoms with Crippen LogP contribution in [-0.2, 0) is 14.3 Å². The molecule has 0 aromatic heterocycles. The summed E-state index contributed by atoms with van der Waals surface area (Å²) in [5.41, 5.74) is -1.54. The predicted octanol–water partition coefficient (Wildman–Crippen LogP) is 1.81. The lowest BCUT2D eigenvalue weighted by atomic mass is 9.89. The van der Waals surface area contributed by atoms with Crippen molar-refractivity contribution in [2.45, 2.75) is 57.0 Å². The van der Waals surface area contributed by atoms with Crippen molar-refractivity contribution in [2.75, 3.05) is 6.61 Å². The van der Waals surface area contributed by atoms with E-state index in [1.165, 1.54) is 26.2 Å². The second kappa shape index (κ2) is 5.51. The molecule has 4 heteroatoms. The van der Waals surface area contributed by atoms with E-state index in [4.69, 9.17) is 9.47 Å². The highest BCUT2D eigenvalue weighted by Crippen LogP contribution is 2.34. The van der Waals surface area contributed by atoms with E-state index < -0.39 is 17.5 Å². The molecule has 0 amide bonds. The first-order valence-corrected chi connectivity index (χ1v) is 6.72. The zero-order chi connectivity index (χ0) is 13.2. The lowest BCUT2D eigenvalue weighted by molar-refractivity contribution is -0.156. The average Bonchev–Trinajstić information content (AvgIpc) is 2.89. The third kappa shape index (κ3) is 2.66. The molecule has 0 bridgehead atoms. The molecular weight excluding hydrogens is 232 g/mol. The minimum absolute atomic E-state index is 0.264. The maximum atomic E-state index is 11.6. The van der Waals surface area contributed by atoms with Gasteiger partial charge in [0.05, 0.1) is 6.61 Å². The summed E-state index contributed by atoms with van der Waals surface area (Å²) < 4.78 is 11.4. The zero-order valence-corrected chi connectivity index (χ0v) is 10.9. The Labute approximate surface area is 108 Å². The van der Waals surface area contributed by atoms with Crippen molar-refractivity contribution in [2.24, 2.45) is 5.92 Å². The Morgan fingerprint density at radius 3 is 2.67 bits per heavy atom. The van der Waals surface area contributed by atoms with Gasteiger partial charge in [0.25, 0.3) is 0 Å². The largest absolute Gasteiger partial charge is 0.379 e. The van der Waals surface area contributed by atoms with Gasteiger partial charge in [-0.1, -0.05) is 25.8 Å². The minimum atomic E-state index is -1.54. The highest BCUT2D eigenvalue weighted by atomic mass is 16.7. The monoisotopic (exact) mass is 254 g/mol. The molecule has 3 atom stereocenters. The maximum Gasteiger partial charge on any atom is 0.189 e. The third-order valence-corrected chi connectivity index (χ3v) is 4.06. The molecular formula is C14H22O4. The molecule has 0 radical (unpaired) electrons. The van der Waals surface area contributed by atoms with Crippen LogP contribution in [0.5, 0.6) is 0 Å². The van der Waals surface area contributed by atoms with E-state index in [0.29, 0.717) is 5.92 Å². The lowest BCUT2D eigenvalue weighted by Crippen LogP contribution is -2.47. The van der Waals surface area contributed by atoms with Gasteiger partial charge in [-0.15, -0.1) is 0 Å². The third-order valence-electron chi connectivity index (χ3n) is 4.06. The second-order valence-corrected chi connectivity index (χ2v) is 5.44. The van der Waals surface area contributed by atoms with Crippen molar-refractivity contribution in [3.05, 3.63) is 12.7 Å². The molecule has 0 aromatic rings. The quantitative estimate of drug-likeness (QED) is 0.777. The number of hydrogen-bond donors (Lipinski definition) is 1. The lowest BCUT2D eigenvalue weighted by Gasteiger charge is -2.29. The van der Waals surface area contributed by atoms with Gasteiger partial charge >= 0.3 is 0 Å². The summed E-state index contributed by atoms with van der Waals surface area (Å²) in [5, 5.41) is 10.2. The topological polar surface area (TPSA) is 55.8 Å². The smallest absolute Gasteiger partial charge is 0.189 e. The molecule has 1 N–H and O–H groups in total. The standard InChI is InChI=1S/C14H22O4/c1-3-11(15)14(2,16)12-9-17-13(18-12)10-7-5-4-6-8-10/h3,10,12-13,16H,1,4-9H2,2H3. The van der Waals surface area contributed by atoms with Crippen LogP contribution >= 0.6 is 0 Å². The van der Waals surface area contributed by atoms with Gasteiger partial charge in [0.2, 0.25) is 0 Å². The SMILES string of the molecule is C=CC(=O)C(C)(O)C1COC(C2CCCCC2)O1. The minimum Gasteiger partial charge on any atom is -0.379 e. The Balaban J connectivity index is 1.95. The van der Waals surface area contributed by atoms with Crippen molar-refractivity contribution in [3.63, 3.8) is 0 Å². The van der Waals surface area contributed by atoms with E-state index in [2.05, 4.69) is 6.58 Å². The number of ether oxygens (including phenoxy) is 2. The van der Waals surface area contributed by atoms with E-state index in [1.54, 1.807) is 0 Å². The van der Waals surface area contributed by atoms with Crippen molar-refractivity contribution >= 4 is 5.78 Å². The van der Waals surface area contributed by atoms with Gasteiger partial charge in [0.15, 0.2) is 17.7 Å². The fourth-order valence-corrected chi connectivity index (χ4v) is 2.74. The molecule has 18 heavy (non-hydrogen) atoms. The Hall–Kier alpha value is -0.710. The van der Waals surface area contributed by atoms with Crippen molar-refractivity contribution in [3.8, 4) is 0 Å². The van der Waals surface area contributed by atoms with Crippen LogP contribution in [0.15, 0.2) is 12.7 Å². The first-order valence-electron chi connectivity index (χ1n) is 6.72. The fourth-order valence-electron chi connectivity index (χ4n) is 2.74. The average molecular weight is 254 g/mol. The highest BCUT2D eigenvalue weighted by Gasteiger charge is 2.45. The molecule has 102 valence electrons. The Kier molecular flexibility index (Phi) is 4.20. The molecule has 2 fully saturated rings. The van der Waals surface area contributed by atoms with Gasteiger partial charge in [0, 0.05) is 5.92 Å². The van der Waals surface area contributed by atoms with Gasteiger partial charge < -0.3 is 14.6 Å². The number of carbonyl (C=O) groups is 1. The normalized spacial score (nSPS) is 33.0. The van der Waals surface area contributed by atoms with E-state index in [1.807, 2.05) is 0 Å². The van der Waals surface area contributed by atoms with Crippen LogP contribution < -0.4 is 0 Å². The number of carbonyl (C=O) groups excluding carboxylic acids is 1. The fraction of sp³-hybridized carbons (Fsp3) is 0.786. The van der Waals surface area contributed by atoms with Gasteiger partial charge in [-0.3, -0.25) is 4.79 Å². The van der Waals surface area contributed by atoms with Crippen molar-refractivity contribution in [1.82, 2.24) is 0 Å². The van der Waals surface area contributed by atoms with E-state index in [-0.39, 0.29) is 12.9 Å². The summed E-state index contributed by atoms with van der Waals surface area (Å²) in [5.74, 6) is -0.0150. The zero-order valence-electron chi connectivity index (χ0n) is 10.9. The summed E-state index contributed by atoms with van der Waals surface area (Å²) in [6, 6.07) is 0. The molecule has 3 unspecified atom stereocenters. The number of rotatable bonds is 4. The summed E-state index contributed by atoms with van der Waals surface area (Å²) >= 11 is 0. The Morgan fingerprint density at radius 2 is 2.06 bits per heavy atom. The number of aliphatic hydroxyl groups is 1. The summed E-state index contributed by atoms with van der Waals surface area (Å²) in [4.78, 5) is 11.6. The van der Waals surface area contributed by atoms with Gasteiger partial charge in [0.1, 0.15) is 6.10 Å². The second-order valence-electron chi connectivity index (χ2n) is 5.44. The van der Waals surface area contributed by atoms with Gasteiger partial charge in [-0.25, -0.2) is 0 Å².